The van der Waals surface area contributed by atoms with Crippen LogP contribution in [-0.2, 0) is 9.84 Å². The van der Waals surface area contributed by atoms with E-state index in [-0.39, 0.29) is 17.2 Å². The molecule has 3 atom stereocenters. The molecule has 1 aromatic carbocycles. The third-order valence-corrected chi connectivity index (χ3v) is 6.10. The highest BCUT2D eigenvalue weighted by Crippen LogP contribution is 2.25. The zero-order valence-corrected chi connectivity index (χ0v) is 13.8. The molecule has 1 saturated carbocycles. The van der Waals surface area contributed by atoms with E-state index < -0.39 is 21.5 Å². The van der Waals surface area contributed by atoms with E-state index in [1.54, 1.807) is 0 Å². The second-order valence-corrected chi connectivity index (χ2v) is 8.50. The fourth-order valence-electron chi connectivity index (χ4n) is 3.18. The van der Waals surface area contributed by atoms with Crippen LogP contribution in [-0.4, -0.2) is 32.5 Å². The van der Waals surface area contributed by atoms with Crippen LogP contribution in [0.15, 0.2) is 18.2 Å². The van der Waals surface area contributed by atoms with Gasteiger partial charge in [0.05, 0.1) is 5.25 Å². The summed E-state index contributed by atoms with van der Waals surface area (Å²) >= 11 is 0. The molecule has 22 heavy (non-hydrogen) atoms. The van der Waals surface area contributed by atoms with Crippen molar-refractivity contribution in [1.82, 2.24) is 5.32 Å². The summed E-state index contributed by atoms with van der Waals surface area (Å²) in [4.78, 5) is 0. The molecule has 0 amide bonds. The van der Waals surface area contributed by atoms with Crippen molar-refractivity contribution in [3.63, 3.8) is 0 Å². The molecule has 0 aliphatic heterocycles. The summed E-state index contributed by atoms with van der Waals surface area (Å²) in [6.07, 6.45) is 4.70. The predicted molar refractivity (Wildman–Crippen MR) is 83.7 cm³/mol. The first-order chi connectivity index (χ1) is 10.3. The van der Waals surface area contributed by atoms with E-state index in [1.807, 2.05) is 6.92 Å². The van der Waals surface area contributed by atoms with Gasteiger partial charge in [-0.2, -0.15) is 0 Å². The number of halogens is 2. The van der Waals surface area contributed by atoms with Crippen molar-refractivity contribution >= 4 is 9.84 Å². The summed E-state index contributed by atoms with van der Waals surface area (Å²) in [5.41, 5.74) is 0.445. The van der Waals surface area contributed by atoms with Crippen molar-refractivity contribution in [2.75, 3.05) is 12.8 Å². The Morgan fingerprint density at radius 3 is 2.59 bits per heavy atom. The average molecular weight is 331 g/mol. The first-order valence-corrected chi connectivity index (χ1v) is 9.61. The van der Waals surface area contributed by atoms with E-state index in [1.165, 1.54) is 18.4 Å². The number of rotatable bonds is 5. The van der Waals surface area contributed by atoms with E-state index in [9.17, 15) is 17.2 Å². The smallest absolute Gasteiger partial charge is 0.151 e. The molecule has 0 saturated heterocycles. The molecule has 1 aliphatic rings. The van der Waals surface area contributed by atoms with Gasteiger partial charge in [0.15, 0.2) is 9.84 Å². The van der Waals surface area contributed by atoms with Crippen molar-refractivity contribution in [3.05, 3.63) is 35.4 Å². The SMILES string of the molecule is C[C@H](CN[C@@H]1CCCC[C@@H]1S(C)(=O)=O)c1ccc(F)cc1F. The lowest BCUT2D eigenvalue weighted by atomic mass is 9.93. The minimum absolute atomic E-state index is 0.0882. The van der Waals surface area contributed by atoms with Crippen LogP contribution in [0.4, 0.5) is 8.78 Å². The van der Waals surface area contributed by atoms with Crippen LogP contribution in [0.2, 0.25) is 0 Å². The monoisotopic (exact) mass is 331 g/mol. The van der Waals surface area contributed by atoms with Crippen LogP contribution in [0.1, 0.15) is 44.1 Å². The van der Waals surface area contributed by atoms with Gasteiger partial charge in [-0.25, -0.2) is 17.2 Å². The fourth-order valence-corrected chi connectivity index (χ4v) is 4.61. The van der Waals surface area contributed by atoms with E-state index in [0.717, 1.165) is 25.3 Å². The molecule has 124 valence electrons. The average Bonchev–Trinajstić information content (AvgIpc) is 2.44. The van der Waals surface area contributed by atoms with Crippen LogP contribution in [0, 0.1) is 11.6 Å². The molecule has 3 nitrogen and oxygen atoms in total. The van der Waals surface area contributed by atoms with Gasteiger partial charge in [-0.05, 0) is 30.4 Å². The molecule has 2 rings (SSSR count). The largest absolute Gasteiger partial charge is 0.312 e. The molecule has 0 heterocycles. The van der Waals surface area contributed by atoms with Gasteiger partial charge in [0.2, 0.25) is 0 Å². The minimum atomic E-state index is -3.09. The Morgan fingerprint density at radius 1 is 1.27 bits per heavy atom. The molecule has 1 fully saturated rings. The Balaban J connectivity index is 2.01. The summed E-state index contributed by atoms with van der Waals surface area (Å²) in [6, 6.07) is 3.49. The molecular weight excluding hydrogens is 308 g/mol. The van der Waals surface area contributed by atoms with Crippen molar-refractivity contribution in [2.45, 2.75) is 49.8 Å². The molecular formula is C16H23F2NO2S. The zero-order chi connectivity index (χ0) is 16.3. The Labute approximate surface area is 131 Å². The lowest BCUT2D eigenvalue weighted by Gasteiger charge is -2.32. The molecule has 1 N–H and O–H groups in total. The molecule has 0 spiro atoms. The fraction of sp³-hybridized carbons (Fsp3) is 0.625. The van der Waals surface area contributed by atoms with Crippen LogP contribution in [0.25, 0.3) is 0 Å². The lowest BCUT2D eigenvalue weighted by molar-refractivity contribution is 0.364. The van der Waals surface area contributed by atoms with E-state index in [4.69, 9.17) is 0 Å². The Kier molecular flexibility index (Phi) is 5.55. The van der Waals surface area contributed by atoms with Gasteiger partial charge in [0.25, 0.3) is 0 Å². The Hall–Kier alpha value is -1.01. The highest BCUT2D eigenvalue weighted by atomic mass is 32.2. The lowest BCUT2D eigenvalue weighted by Crippen LogP contribution is -2.47. The third kappa shape index (κ3) is 4.26. The maximum atomic E-state index is 13.8. The normalized spacial score (nSPS) is 24.2. The molecule has 6 heteroatoms. The highest BCUT2D eigenvalue weighted by molar-refractivity contribution is 7.91. The van der Waals surface area contributed by atoms with Crippen LogP contribution < -0.4 is 5.32 Å². The zero-order valence-electron chi connectivity index (χ0n) is 13.0. The molecule has 1 aromatic rings. The van der Waals surface area contributed by atoms with Crippen molar-refractivity contribution in [2.24, 2.45) is 0 Å². The van der Waals surface area contributed by atoms with Crippen LogP contribution >= 0.6 is 0 Å². The van der Waals surface area contributed by atoms with Gasteiger partial charge in [-0.3, -0.25) is 0 Å². The molecule has 0 radical (unpaired) electrons. The van der Waals surface area contributed by atoms with Crippen molar-refractivity contribution in [3.8, 4) is 0 Å². The molecule has 0 aromatic heterocycles. The van der Waals surface area contributed by atoms with Gasteiger partial charge in [-0.1, -0.05) is 25.8 Å². The maximum Gasteiger partial charge on any atom is 0.151 e. The highest BCUT2D eigenvalue weighted by Gasteiger charge is 2.32. The van der Waals surface area contributed by atoms with Gasteiger partial charge < -0.3 is 5.32 Å². The first kappa shape index (κ1) is 17.3. The van der Waals surface area contributed by atoms with Crippen molar-refractivity contribution < 1.29 is 17.2 Å². The second-order valence-electron chi connectivity index (χ2n) is 6.23. The maximum absolute atomic E-state index is 13.8. The molecule has 1 aliphatic carbocycles. The second kappa shape index (κ2) is 7.04. The number of nitrogens with one attached hydrogen (secondary N) is 1. The number of hydrogen-bond acceptors (Lipinski definition) is 3. The van der Waals surface area contributed by atoms with E-state index in [0.29, 0.717) is 18.5 Å². The third-order valence-electron chi connectivity index (χ3n) is 4.43. The quantitative estimate of drug-likeness (QED) is 0.902. The van der Waals surface area contributed by atoms with Crippen molar-refractivity contribution in [1.29, 1.82) is 0 Å². The Morgan fingerprint density at radius 2 is 1.95 bits per heavy atom. The van der Waals surface area contributed by atoms with Gasteiger partial charge in [0.1, 0.15) is 11.6 Å². The number of hydrogen-bond donors (Lipinski definition) is 1. The summed E-state index contributed by atoms with van der Waals surface area (Å²) in [6.45, 7) is 2.32. The minimum Gasteiger partial charge on any atom is -0.312 e. The molecule has 0 bridgehead atoms. The van der Waals surface area contributed by atoms with Gasteiger partial charge in [-0.15, -0.1) is 0 Å². The first-order valence-electron chi connectivity index (χ1n) is 7.66. The van der Waals surface area contributed by atoms with Crippen LogP contribution in [0.5, 0.6) is 0 Å². The summed E-state index contributed by atoms with van der Waals surface area (Å²) in [7, 11) is -3.09. The van der Waals surface area contributed by atoms with E-state index >= 15 is 0 Å². The molecule has 0 unspecified atom stereocenters. The summed E-state index contributed by atoms with van der Waals surface area (Å²) < 4.78 is 50.4. The predicted octanol–water partition coefficient (Wildman–Crippen LogP) is 3.01. The van der Waals surface area contributed by atoms with Crippen LogP contribution in [0.3, 0.4) is 0 Å². The number of sulfone groups is 1. The van der Waals surface area contributed by atoms with Gasteiger partial charge in [0, 0.05) is 24.9 Å². The number of benzene rings is 1. The van der Waals surface area contributed by atoms with E-state index in [2.05, 4.69) is 5.32 Å². The Bertz CT molecular complexity index is 619. The summed E-state index contributed by atoms with van der Waals surface area (Å²) in [5, 5.41) is 2.91. The van der Waals surface area contributed by atoms with Gasteiger partial charge >= 0.3 is 0 Å². The summed E-state index contributed by atoms with van der Waals surface area (Å²) in [5.74, 6) is -1.30. The standard InChI is InChI=1S/C16H23F2NO2S/c1-11(13-8-7-12(17)9-14(13)18)10-19-15-5-3-4-6-16(15)22(2,20)21/h7-9,11,15-16,19H,3-6,10H2,1-2H3/t11-,15-,16+/m1/s1. The topological polar surface area (TPSA) is 46.2 Å².